The van der Waals surface area contributed by atoms with Crippen LogP contribution in [0.1, 0.15) is 15.9 Å². The third-order valence-corrected chi connectivity index (χ3v) is 6.07. The van der Waals surface area contributed by atoms with E-state index in [0.717, 1.165) is 27.4 Å². The Morgan fingerprint density at radius 3 is 2.41 bits per heavy atom. The van der Waals surface area contributed by atoms with Crippen LogP contribution in [0, 0.1) is 0 Å². The Hall–Kier alpha value is -4.09. The van der Waals surface area contributed by atoms with Crippen LogP contribution in [0.3, 0.4) is 0 Å². The van der Waals surface area contributed by atoms with Gasteiger partial charge in [-0.3, -0.25) is 9.59 Å². The summed E-state index contributed by atoms with van der Waals surface area (Å²) in [6.07, 6.45) is 0. The fourth-order valence-electron chi connectivity index (χ4n) is 4.16. The van der Waals surface area contributed by atoms with E-state index in [1.54, 1.807) is 43.5 Å². The van der Waals surface area contributed by atoms with E-state index < -0.39 is 11.7 Å². The van der Waals surface area contributed by atoms with Crippen LogP contribution >= 0.6 is 11.6 Å². The lowest BCUT2D eigenvalue weighted by molar-refractivity contribution is -0.112. The molecule has 0 aliphatic carbocycles. The number of benzene rings is 4. The number of fused-ring (bicyclic) bond motifs is 3. The van der Waals surface area contributed by atoms with Gasteiger partial charge in [-0.2, -0.15) is 0 Å². The second-order valence-corrected chi connectivity index (χ2v) is 8.41. The number of nitrogens with one attached hydrogen (secondary N) is 1. The molecule has 5 nitrogen and oxygen atoms in total. The summed E-state index contributed by atoms with van der Waals surface area (Å²) in [4.78, 5) is 25.6. The topological polar surface area (TPSA) is 60.3 Å². The van der Waals surface area contributed by atoms with Crippen molar-refractivity contribution in [1.29, 1.82) is 0 Å². The number of ether oxygens (including phenoxy) is 1. The summed E-state index contributed by atoms with van der Waals surface area (Å²) in [5.74, 6) is -0.697. The lowest BCUT2D eigenvalue weighted by Gasteiger charge is -2.09. The van der Waals surface area contributed by atoms with Gasteiger partial charge in [0, 0.05) is 50.7 Å². The van der Waals surface area contributed by atoms with Gasteiger partial charge in [-0.25, -0.2) is 0 Å². The van der Waals surface area contributed by atoms with Crippen LogP contribution in [0.5, 0.6) is 5.75 Å². The van der Waals surface area contributed by atoms with Crippen LogP contribution in [0.15, 0.2) is 91.0 Å². The van der Waals surface area contributed by atoms with Crippen molar-refractivity contribution in [2.24, 2.45) is 0 Å². The van der Waals surface area contributed by atoms with Gasteiger partial charge in [0.2, 0.25) is 0 Å². The number of hydrogen-bond donors (Lipinski definition) is 1. The number of para-hydroxylation sites is 1. The Bertz CT molecular complexity index is 1540. The Morgan fingerprint density at radius 2 is 1.62 bits per heavy atom. The van der Waals surface area contributed by atoms with E-state index in [2.05, 4.69) is 16.0 Å². The van der Waals surface area contributed by atoms with Gasteiger partial charge >= 0.3 is 0 Å². The molecule has 0 saturated heterocycles. The predicted molar refractivity (Wildman–Crippen MR) is 136 cm³/mol. The molecule has 0 atom stereocenters. The van der Waals surface area contributed by atoms with Crippen molar-refractivity contribution in [2.75, 3.05) is 12.4 Å². The Kier molecular flexibility index (Phi) is 5.78. The SMILES string of the molecule is COc1cccc(NC(=O)C(=O)c2ccc3c(c2)c2ccccc2n3Cc2ccc(Cl)cc2)c1. The second kappa shape index (κ2) is 9.04. The van der Waals surface area contributed by atoms with Crippen LogP contribution in [-0.4, -0.2) is 23.4 Å². The Labute approximate surface area is 201 Å². The average molecular weight is 469 g/mol. The number of methoxy groups -OCH3 is 1. The van der Waals surface area contributed by atoms with Crippen LogP contribution in [0.4, 0.5) is 5.69 Å². The molecule has 0 fully saturated rings. The molecule has 0 saturated carbocycles. The molecular formula is C28H21ClN2O3. The lowest BCUT2D eigenvalue weighted by Crippen LogP contribution is -2.22. The van der Waals surface area contributed by atoms with E-state index in [9.17, 15) is 9.59 Å². The van der Waals surface area contributed by atoms with Crippen LogP contribution in [-0.2, 0) is 11.3 Å². The molecule has 168 valence electrons. The standard InChI is InChI=1S/C28H21ClN2O3/c1-34-22-6-4-5-21(16-22)30-28(33)27(32)19-11-14-26-24(15-19)23-7-2-3-8-25(23)31(26)17-18-9-12-20(29)13-10-18/h2-16H,17H2,1H3,(H,30,33). The first kappa shape index (κ1) is 21.7. The number of anilines is 1. The molecule has 1 N–H and O–H groups in total. The van der Waals surface area contributed by atoms with Crippen molar-refractivity contribution in [3.8, 4) is 5.75 Å². The molecule has 5 rings (SSSR count). The minimum Gasteiger partial charge on any atom is -0.497 e. The maximum atomic E-state index is 13.0. The molecule has 0 spiro atoms. The number of aromatic nitrogens is 1. The zero-order valence-corrected chi connectivity index (χ0v) is 19.2. The van der Waals surface area contributed by atoms with Gasteiger partial charge in [0.1, 0.15) is 5.75 Å². The van der Waals surface area contributed by atoms with Gasteiger partial charge in [0.25, 0.3) is 11.7 Å². The molecule has 0 aliphatic heterocycles. The van der Waals surface area contributed by atoms with Crippen molar-refractivity contribution < 1.29 is 14.3 Å². The van der Waals surface area contributed by atoms with Crippen LogP contribution in [0.2, 0.25) is 5.02 Å². The van der Waals surface area contributed by atoms with Crippen molar-refractivity contribution in [1.82, 2.24) is 4.57 Å². The number of halogens is 1. The van der Waals surface area contributed by atoms with E-state index in [0.29, 0.717) is 28.6 Å². The molecule has 5 aromatic rings. The molecule has 1 heterocycles. The highest BCUT2D eigenvalue weighted by molar-refractivity contribution is 6.46. The summed E-state index contributed by atoms with van der Waals surface area (Å²) < 4.78 is 7.38. The summed E-state index contributed by atoms with van der Waals surface area (Å²) in [5.41, 5.74) is 3.99. The number of carbonyl (C=O) groups is 2. The molecule has 1 aromatic heterocycles. The summed E-state index contributed by atoms with van der Waals surface area (Å²) in [7, 11) is 1.55. The van der Waals surface area contributed by atoms with Gasteiger partial charge in [-0.1, -0.05) is 48.0 Å². The molecule has 0 aliphatic rings. The van der Waals surface area contributed by atoms with Gasteiger partial charge in [0.05, 0.1) is 7.11 Å². The normalized spacial score (nSPS) is 11.0. The van der Waals surface area contributed by atoms with Crippen molar-refractivity contribution in [3.05, 3.63) is 107 Å². The molecular weight excluding hydrogens is 448 g/mol. The van der Waals surface area contributed by atoms with E-state index in [4.69, 9.17) is 16.3 Å². The van der Waals surface area contributed by atoms with Gasteiger partial charge < -0.3 is 14.6 Å². The van der Waals surface area contributed by atoms with E-state index in [1.807, 2.05) is 48.5 Å². The van der Waals surface area contributed by atoms with E-state index in [1.165, 1.54) is 0 Å². The smallest absolute Gasteiger partial charge is 0.296 e. The number of amides is 1. The van der Waals surface area contributed by atoms with Crippen LogP contribution < -0.4 is 10.1 Å². The molecule has 0 unspecified atom stereocenters. The molecule has 1 amide bonds. The quantitative estimate of drug-likeness (QED) is 0.234. The van der Waals surface area contributed by atoms with Gasteiger partial charge in [-0.15, -0.1) is 0 Å². The Balaban J connectivity index is 1.50. The molecule has 0 bridgehead atoms. The minimum atomic E-state index is -0.697. The van der Waals surface area contributed by atoms with Crippen molar-refractivity contribution in [3.63, 3.8) is 0 Å². The average Bonchev–Trinajstić information content (AvgIpc) is 3.18. The summed E-state index contributed by atoms with van der Waals surface area (Å²) in [6, 6.07) is 28.1. The van der Waals surface area contributed by atoms with Crippen LogP contribution in [0.25, 0.3) is 21.8 Å². The van der Waals surface area contributed by atoms with Crippen molar-refractivity contribution in [2.45, 2.75) is 6.54 Å². The summed E-state index contributed by atoms with van der Waals surface area (Å²) in [5, 5.41) is 5.30. The number of rotatable bonds is 6. The summed E-state index contributed by atoms with van der Waals surface area (Å²) in [6.45, 7) is 0.658. The van der Waals surface area contributed by atoms with Gasteiger partial charge in [-0.05, 0) is 54.1 Å². The molecule has 34 heavy (non-hydrogen) atoms. The third-order valence-electron chi connectivity index (χ3n) is 5.82. The Morgan fingerprint density at radius 1 is 0.853 bits per heavy atom. The number of hydrogen-bond acceptors (Lipinski definition) is 3. The zero-order chi connectivity index (χ0) is 23.7. The first-order valence-electron chi connectivity index (χ1n) is 10.8. The van der Waals surface area contributed by atoms with E-state index in [-0.39, 0.29) is 0 Å². The first-order chi connectivity index (χ1) is 16.5. The fourth-order valence-corrected chi connectivity index (χ4v) is 4.28. The number of Topliss-reactive ketones (excluding diaryl/α,β-unsaturated/α-hetero) is 1. The highest BCUT2D eigenvalue weighted by atomic mass is 35.5. The largest absolute Gasteiger partial charge is 0.497 e. The van der Waals surface area contributed by atoms with Gasteiger partial charge in [0.15, 0.2) is 0 Å². The van der Waals surface area contributed by atoms with E-state index >= 15 is 0 Å². The summed E-state index contributed by atoms with van der Waals surface area (Å²) >= 11 is 6.04. The minimum absolute atomic E-state index is 0.335. The monoisotopic (exact) mass is 468 g/mol. The predicted octanol–water partition coefficient (Wildman–Crippen LogP) is 6.33. The maximum Gasteiger partial charge on any atom is 0.296 e. The highest BCUT2D eigenvalue weighted by Gasteiger charge is 2.19. The maximum absolute atomic E-state index is 13.0. The fraction of sp³-hybridized carbons (Fsp3) is 0.0714. The highest BCUT2D eigenvalue weighted by Crippen LogP contribution is 2.31. The molecule has 4 aromatic carbocycles. The number of carbonyl (C=O) groups excluding carboxylic acids is 2. The lowest BCUT2D eigenvalue weighted by atomic mass is 10.1. The zero-order valence-electron chi connectivity index (χ0n) is 18.4. The first-order valence-corrected chi connectivity index (χ1v) is 11.2. The van der Waals surface area contributed by atoms with Crippen molar-refractivity contribution >= 4 is 50.8 Å². The molecule has 6 heteroatoms. The third kappa shape index (κ3) is 4.14. The number of nitrogens with zero attached hydrogens (tertiary/aromatic N) is 1. The number of ketones is 1. The second-order valence-electron chi connectivity index (χ2n) is 7.98. The molecule has 0 radical (unpaired) electrons.